The average molecular weight is 377 g/mol. The highest BCUT2D eigenvalue weighted by Crippen LogP contribution is 2.41. The third kappa shape index (κ3) is 3.41. The Morgan fingerprint density at radius 2 is 1.74 bits per heavy atom. The van der Waals surface area contributed by atoms with Gasteiger partial charge >= 0.3 is 6.18 Å². The van der Waals surface area contributed by atoms with Crippen LogP contribution < -0.4 is 5.32 Å². The number of Topliss-reactive ketones (excluding diaryl/α,β-unsaturated/α-hetero) is 1. The van der Waals surface area contributed by atoms with Crippen LogP contribution in [0, 0.1) is 5.82 Å². The van der Waals surface area contributed by atoms with Gasteiger partial charge in [-0.2, -0.15) is 13.2 Å². The van der Waals surface area contributed by atoms with Crippen molar-refractivity contribution in [3.8, 4) is 0 Å². The number of hydrogen-bond donors (Lipinski definition) is 1. The van der Waals surface area contributed by atoms with Gasteiger partial charge in [0, 0.05) is 17.2 Å². The van der Waals surface area contributed by atoms with Crippen LogP contribution in [-0.2, 0) is 15.7 Å². The molecule has 0 saturated heterocycles. The van der Waals surface area contributed by atoms with Crippen LogP contribution in [0.25, 0.3) is 5.57 Å². The highest BCUT2D eigenvalue weighted by molar-refractivity contribution is 6.25. The van der Waals surface area contributed by atoms with Gasteiger partial charge in [-0.25, -0.2) is 4.39 Å². The van der Waals surface area contributed by atoms with Gasteiger partial charge in [0.05, 0.1) is 11.1 Å². The smallest absolute Gasteiger partial charge is 0.416 e. The number of benzene rings is 2. The van der Waals surface area contributed by atoms with Gasteiger partial charge in [0.1, 0.15) is 5.82 Å². The second kappa shape index (κ2) is 6.40. The molecule has 0 aromatic heterocycles. The molecule has 1 aliphatic carbocycles. The van der Waals surface area contributed by atoms with Crippen molar-refractivity contribution in [2.24, 2.45) is 0 Å². The molecular formula is C20H15F4NO2. The molecule has 1 fully saturated rings. The number of carbonyl (C=O) groups excluding carboxylic acids is 1. The van der Waals surface area contributed by atoms with Crippen LogP contribution in [0.1, 0.15) is 35.6 Å². The topological polar surface area (TPSA) is 38.3 Å². The fraction of sp³-hybridized carbons (Fsp3) is 0.250. The summed E-state index contributed by atoms with van der Waals surface area (Å²) in [5.74, 6) is -1.43. The summed E-state index contributed by atoms with van der Waals surface area (Å²) in [6.45, 7) is 0. The van der Waals surface area contributed by atoms with Crippen molar-refractivity contribution in [1.29, 1.82) is 0 Å². The van der Waals surface area contributed by atoms with E-state index in [9.17, 15) is 22.4 Å². The fourth-order valence-corrected chi connectivity index (χ4v) is 2.99. The Balaban J connectivity index is 1.79. The van der Waals surface area contributed by atoms with E-state index < -0.39 is 35.0 Å². The predicted molar refractivity (Wildman–Crippen MR) is 89.8 cm³/mol. The lowest BCUT2D eigenvalue weighted by atomic mass is 9.95. The second-order valence-corrected chi connectivity index (χ2v) is 6.59. The summed E-state index contributed by atoms with van der Waals surface area (Å²) in [5, 5.41) is 3.01. The molecule has 2 aromatic carbocycles. The van der Waals surface area contributed by atoms with E-state index in [0.717, 1.165) is 18.9 Å². The van der Waals surface area contributed by atoms with E-state index in [2.05, 4.69) is 5.32 Å². The van der Waals surface area contributed by atoms with Crippen LogP contribution >= 0.6 is 0 Å². The molecule has 0 bridgehead atoms. The molecule has 0 amide bonds. The highest BCUT2D eigenvalue weighted by Gasteiger charge is 2.41. The zero-order valence-electron chi connectivity index (χ0n) is 14.0. The summed E-state index contributed by atoms with van der Waals surface area (Å²) < 4.78 is 59.3. The van der Waals surface area contributed by atoms with E-state index in [-0.39, 0.29) is 17.5 Å². The largest absolute Gasteiger partial charge is 0.462 e. The number of halogens is 4. The minimum absolute atomic E-state index is 0.0366. The lowest BCUT2D eigenvalue weighted by Crippen LogP contribution is -2.17. The van der Waals surface area contributed by atoms with Crippen molar-refractivity contribution < 1.29 is 27.1 Å². The number of ketones is 1. The number of nitrogens with one attached hydrogen (secondary N) is 1. The van der Waals surface area contributed by atoms with Crippen LogP contribution in [-0.4, -0.2) is 11.8 Å². The zero-order valence-corrected chi connectivity index (χ0v) is 14.0. The highest BCUT2D eigenvalue weighted by atomic mass is 19.4. The molecule has 2 aliphatic rings. The molecule has 1 saturated carbocycles. The lowest BCUT2D eigenvalue weighted by Gasteiger charge is -2.12. The van der Waals surface area contributed by atoms with Crippen molar-refractivity contribution in [3.05, 3.63) is 76.9 Å². The fourth-order valence-electron chi connectivity index (χ4n) is 2.99. The van der Waals surface area contributed by atoms with Crippen LogP contribution in [0.5, 0.6) is 0 Å². The molecule has 0 spiro atoms. The Morgan fingerprint density at radius 1 is 1.04 bits per heavy atom. The standard InChI is InChI=1S/C20H15F4NO2/c21-15-9-6-12(20(22,23)24)10-14(15)16-17(26)18(11-4-2-1-3-5-11)27-19(16)25-13-7-8-13/h1-6,9-10,13,18,25H,7-8H2. The molecule has 2 aromatic rings. The van der Waals surface area contributed by atoms with Gasteiger partial charge in [-0.3, -0.25) is 4.79 Å². The quantitative estimate of drug-likeness (QED) is 0.791. The molecule has 1 N–H and O–H groups in total. The number of ether oxygens (including phenoxy) is 1. The Morgan fingerprint density at radius 3 is 2.37 bits per heavy atom. The van der Waals surface area contributed by atoms with E-state index in [0.29, 0.717) is 17.7 Å². The molecule has 1 atom stereocenters. The first-order valence-corrected chi connectivity index (χ1v) is 8.48. The minimum Gasteiger partial charge on any atom is -0.462 e. The van der Waals surface area contributed by atoms with Gasteiger partial charge in [-0.05, 0) is 31.0 Å². The molecule has 140 valence electrons. The predicted octanol–water partition coefficient (Wildman–Crippen LogP) is 4.61. The van der Waals surface area contributed by atoms with E-state index >= 15 is 0 Å². The summed E-state index contributed by atoms with van der Waals surface area (Å²) in [6.07, 6.45) is -3.95. The monoisotopic (exact) mass is 377 g/mol. The van der Waals surface area contributed by atoms with E-state index in [4.69, 9.17) is 4.74 Å². The summed E-state index contributed by atoms with van der Waals surface area (Å²) in [7, 11) is 0. The number of hydrogen-bond acceptors (Lipinski definition) is 3. The van der Waals surface area contributed by atoms with Crippen molar-refractivity contribution in [2.45, 2.75) is 31.2 Å². The normalized spacial score (nSPS) is 20.0. The van der Waals surface area contributed by atoms with Crippen LogP contribution in [0.3, 0.4) is 0 Å². The van der Waals surface area contributed by atoms with E-state index in [1.807, 2.05) is 0 Å². The van der Waals surface area contributed by atoms with Crippen LogP contribution in [0.4, 0.5) is 17.6 Å². The first-order valence-electron chi connectivity index (χ1n) is 8.48. The van der Waals surface area contributed by atoms with Gasteiger partial charge < -0.3 is 10.1 Å². The molecule has 27 heavy (non-hydrogen) atoms. The van der Waals surface area contributed by atoms with Gasteiger partial charge in [0.15, 0.2) is 12.0 Å². The lowest BCUT2D eigenvalue weighted by molar-refractivity contribution is -0.137. The molecule has 1 heterocycles. The average Bonchev–Trinajstić information content (AvgIpc) is 3.38. The van der Waals surface area contributed by atoms with Gasteiger partial charge in [-0.15, -0.1) is 0 Å². The van der Waals surface area contributed by atoms with Gasteiger partial charge in [0.25, 0.3) is 0 Å². The summed E-state index contributed by atoms with van der Waals surface area (Å²) >= 11 is 0. The summed E-state index contributed by atoms with van der Waals surface area (Å²) in [4.78, 5) is 13.0. The molecule has 1 unspecified atom stereocenters. The third-order valence-corrected chi connectivity index (χ3v) is 4.53. The Bertz CT molecular complexity index is 917. The molecular weight excluding hydrogens is 362 g/mol. The number of alkyl halides is 3. The maximum atomic E-state index is 14.4. The third-order valence-electron chi connectivity index (χ3n) is 4.53. The Hall–Kier alpha value is -2.83. The number of carbonyl (C=O) groups is 1. The zero-order chi connectivity index (χ0) is 19.2. The molecule has 1 aliphatic heterocycles. The van der Waals surface area contributed by atoms with Crippen LogP contribution in [0.2, 0.25) is 0 Å². The first kappa shape index (κ1) is 17.6. The maximum Gasteiger partial charge on any atom is 0.416 e. The maximum absolute atomic E-state index is 14.4. The second-order valence-electron chi connectivity index (χ2n) is 6.59. The van der Waals surface area contributed by atoms with Crippen molar-refractivity contribution in [1.82, 2.24) is 5.32 Å². The molecule has 7 heteroatoms. The Kier molecular flexibility index (Phi) is 4.17. The van der Waals surface area contributed by atoms with Crippen molar-refractivity contribution in [2.75, 3.05) is 0 Å². The van der Waals surface area contributed by atoms with Crippen molar-refractivity contribution in [3.63, 3.8) is 0 Å². The Labute approximate surface area is 152 Å². The number of rotatable bonds is 4. The SMILES string of the molecule is O=C1C(c2cc(C(F)(F)F)ccc2F)=C(NC2CC2)OC1c1ccccc1. The molecule has 0 radical (unpaired) electrons. The molecule has 3 nitrogen and oxygen atoms in total. The molecule has 4 rings (SSSR count). The van der Waals surface area contributed by atoms with Crippen molar-refractivity contribution >= 4 is 11.4 Å². The first-order chi connectivity index (χ1) is 12.8. The van der Waals surface area contributed by atoms with E-state index in [1.165, 1.54) is 0 Å². The van der Waals surface area contributed by atoms with Gasteiger partial charge in [0.2, 0.25) is 5.78 Å². The minimum atomic E-state index is -4.64. The summed E-state index contributed by atoms with van der Waals surface area (Å²) in [5.41, 5.74) is -1.05. The van der Waals surface area contributed by atoms with Gasteiger partial charge in [-0.1, -0.05) is 30.3 Å². The van der Waals surface area contributed by atoms with E-state index in [1.54, 1.807) is 30.3 Å². The van der Waals surface area contributed by atoms with Crippen LogP contribution in [0.15, 0.2) is 54.4 Å². The summed E-state index contributed by atoms with van der Waals surface area (Å²) in [6, 6.07) is 10.7.